The van der Waals surface area contributed by atoms with Crippen molar-refractivity contribution in [1.82, 2.24) is 0 Å². The molecule has 1 aromatic carbocycles. The fourth-order valence-corrected chi connectivity index (χ4v) is 3.17. The molecule has 3 rings (SSSR count). The molecule has 102 valence electrons. The lowest BCUT2D eigenvalue weighted by molar-refractivity contribution is -0.895. The first-order chi connectivity index (χ1) is 9.33. The molecule has 19 heavy (non-hydrogen) atoms. The lowest BCUT2D eigenvalue weighted by Crippen LogP contribution is -3.16. The summed E-state index contributed by atoms with van der Waals surface area (Å²) in [5, 5.41) is 0. The highest BCUT2D eigenvalue weighted by Crippen LogP contribution is 2.12. The monoisotopic (exact) mass is 259 g/mol. The number of hydrogen-bond donors (Lipinski definition) is 2. The van der Waals surface area contributed by atoms with E-state index in [1.54, 1.807) is 15.5 Å². The predicted octanol–water partition coefficient (Wildman–Crippen LogP) is -0.806. The van der Waals surface area contributed by atoms with E-state index in [-0.39, 0.29) is 0 Å². The molecule has 0 aromatic heterocycles. The van der Waals surface area contributed by atoms with Crippen LogP contribution in [0.1, 0.15) is 6.42 Å². The van der Waals surface area contributed by atoms with Gasteiger partial charge in [-0.25, -0.2) is 0 Å². The van der Waals surface area contributed by atoms with Crippen molar-refractivity contribution in [2.75, 3.05) is 51.2 Å². The van der Waals surface area contributed by atoms with Crippen LogP contribution < -0.4 is 14.7 Å². The Hall–Kier alpha value is -1.32. The summed E-state index contributed by atoms with van der Waals surface area (Å²) in [5.41, 5.74) is 3.04. The summed E-state index contributed by atoms with van der Waals surface area (Å²) in [4.78, 5) is 5.88. The third-order valence-electron chi connectivity index (χ3n) is 4.46. The maximum absolute atomic E-state index is 2.52. The molecular weight excluding hydrogens is 234 g/mol. The summed E-state index contributed by atoms with van der Waals surface area (Å²) < 4.78 is 0. The van der Waals surface area contributed by atoms with Crippen LogP contribution in [0, 0.1) is 0 Å². The van der Waals surface area contributed by atoms with Crippen molar-refractivity contribution >= 4 is 5.69 Å². The second-order valence-electron chi connectivity index (χ2n) is 5.82. The van der Waals surface area contributed by atoms with Gasteiger partial charge in [0.2, 0.25) is 0 Å². The van der Waals surface area contributed by atoms with E-state index in [0.29, 0.717) is 0 Å². The standard InChI is InChI=1S/C16H23N3/c1-17-9-7-16(8-10-17)19-13-11-18(12-14-19)15-5-3-2-4-6-15/h2-7H,8-14H2,1H3/p+2. The maximum atomic E-state index is 2.52. The van der Waals surface area contributed by atoms with Gasteiger partial charge in [0.25, 0.3) is 0 Å². The predicted molar refractivity (Wildman–Crippen MR) is 78.7 cm³/mol. The molecule has 0 radical (unpaired) electrons. The van der Waals surface area contributed by atoms with Gasteiger partial charge in [0.15, 0.2) is 0 Å². The summed E-state index contributed by atoms with van der Waals surface area (Å²) >= 11 is 0. The SMILES string of the molecule is C[NH+]1CC=C([NH+]2CCN(c3ccccc3)CC2)CC1. The van der Waals surface area contributed by atoms with Gasteiger partial charge in [-0.1, -0.05) is 18.2 Å². The van der Waals surface area contributed by atoms with Crippen LogP contribution in [0.3, 0.4) is 0 Å². The average Bonchev–Trinajstić information content (AvgIpc) is 2.49. The molecule has 2 heterocycles. The van der Waals surface area contributed by atoms with Crippen LogP contribution in [0.25, 0.3) is 0 Å². The lowest BCUT2D eigenvalue weighted by Gasteiger charge is -2.35. The van der Waals surface area contributed by atoms with Crippen LogP contribution in [-0.2, 0) is 0 Å². The highest BCUT2D eigenvalue weighted by molar-refractivity contribution is 5.46. The number of benzene rings is 1. The molecule has 1 fully saturated rings. The first kappa shape index (κ1) is 12.7. The van der Waals surface area contributed by atoms with Crippen molar-refractivity contribution in [2.24, 2.45) is 0 Å². The molecule has 0 bridgehead atoms. The van der Waals surface area contributed by atoms with Gasteiger partial charge in [-0.05, 0) is 12.1 Å². The topological polar surface area (TPSA) is 12.1 Å². The van der Waals surface area contributed by atoms with Crippen molar-refractivity contribution in [3.05, 3.63) is 42.1 Å². The summed E-state index contributed by atoms with van der Waals surface area (Å²) in [6.45, 7) is 7.37. The average molecular weight is 259 g/mol. The van der Waals surface area contributed by atoms with E-state index in [1.165, 1.54) is 51.4 Å². The Morgan fingerprint density at radius 3 is 2.37 bits per heavy atom. The second kappa shape index (κ2) is 5.76. The Labute approximate surface area is 116 Å². The zero-order chi connectivity index (χ0) is 13.1. The van der Waals surface area contributed by atoms with Gasteiger partial charge >= 0.3 is 0 Å². The Balaban J connectivity index is 1.58. The number of piperazine rings is 1. The minimum atomic E-state index is 1.18. The molecule has 1 unspecified atom stereocenters. The summed E-state index contributed by atoms with van der Waals surface area (Å²) in [6.07, 6.45) is 3.76. The van der Waals surface area contributed by atoms with Crippen molar-refractivity contribution in [3.8, 4) is 0 Å². The smallest absolute Gasteiger partial charge is 0.114 e. The third kappa shape index (κ3) is 2.99. The molecule has 2 N–H and O–H groups in total. The first-order valence-corrected chi connectivity index (χ1v) is 7.48. The lowest BCUT2D eigenvalue weighted by atomic mass is 10.1. The minimum Gasteiger partial charge on any atom is -0.360 e. The molecule has 2 aliphatic heterocycles. The first-order valence-electron chi connectivity index (χ1n) is 7.48. The number of rotatable bonds is 2. The number of hydrogen-bond acceptors (Lipinski definition) is 1. The van der Waals surface area contributed by atoms with Crippen LogP contribution in [0.15, 0.2) is 42.1 Å². The minimum absolute atomic E-state index is 1.18. The molecule has 3 heteroatoms. The van der Waals surface area contributed by atoms with Gasteiger partial charge in [-0.2, -0.15) is 0 Å². The Bertz CT molecular complexity index is 433. The van der Waals surface area contributed by atoms with Crippen LogP contribution >= 0.6 is 0 Å². The number of nitrogens with one attached hydrogen (secondary N) is 2. The highest BCUT2D eigenvalue weighted by atomic mass is 15.3. The zero-order valence-electron chi connectivity index (χ0n) is 11.9. The third-order valence-corrected chi connectivity index (χ3v) is 4.46. The normalized spacial score (nSPS) is 25.2. The van der Waals surface area contributed by atoms with Crippen LogP contribution in [0.2, 0.25) is 0 Å². The Morgan fingerprint density at radius 1 is 1.00 bits per heavy atom. The second-order valence-corrected chi connectivity index (χ2v) is 5.82. The van der Waals surface area contributed by atoms with E-state index in [4.69, 9.17) is 0 Å². The quantitative estimate of drug-likeness (QED) is 0.708. The number of quaternary nitrogens is 2. The molecule has 2 aliphatic rings. The molecule has 0 spiro atoms. The van der Waals surface area contributed by atoms with Crippen molar-refractivity contribution < 1.29 is 9.80 Å². The van der Waals surface area contributed by atoms with E-state index in [9.17, 15) is 0 Å². The molecule has 0 amide bonds. The number of anilines is 1. The molecule has 1 saturated heterocycles. The summed E-state index contributed by atoms with van der Waals surface area (Å²) in [7, 11) is 2.29. The largest absolute Gasteiger partial charge is 0.360 e. The number of nitrogens with zero attached hydrogens (tertiary/aromatic N) is 1. The number of para-hydroxylation sites is 1. The molecule has 1 atom stereocenters. The number of likely N-dealkylation sites (N-methyl/N-ethyl adjacent to an activating group) is 1. The van der Waals surface area contributed by atoms with Gasteiger partial charge in [-0.15, -0.1) is 0 Å². The molecular formula is C16H25N3+2. The van der Waals surface area contributed by atoms with Gasteiger partial charge in [-0.3, -0.25) is 0 Å². The van der Waals surface area contributed by atoms with E-state index in [0.717, 1.165) is 0 Å². The van der Waals surface area contributed by atoms with Crippen molar-refractivity contribution in [3.63, 3.8) is 0 Å². The maximum Gasteiger partial charge on any atom is 0.114 e. The fraction of sp³-hybridized carbons (Fsp3) is 0.500. The zero-order valence-corrected chi connectivity index (χ0v) is 11.9. The summed E-state index contributed by atoms with van der Waals surface area (Å²) in [6, 6.07) is 10.8. The van der Waals surface area contributed by atoms with Gasteiger partial charge < -0.3 is 14.7 Å². The van der Waals surface area contributed by atoms with Crippen LogP contribution in [0.5, 0.6) is 0 Å². The fourth-order valence-electron chi connectivity index (χ4n) is 3.17. The van der Waals surface area contributed by atoms with E-state index < -0.39 is 0 Å². The molecule has 1 aromatic rings. The van der Waals surface area contributed by atoms with Crippen molar-refractivity contribution in [1.29, 1.82) is 0 Å². The van der Waals surface area contributed by atoms with E-state index >= 15 is 0 Å². The van der Waals surface area contributed by atoms with Crippen LogP contribution in [-0.4, -0.2) is 46.3 Å². The van der Waals surface area contributed by atoms with Gasteiger partial charge in [0, 0.05) is 11.8 Å². The molecule has 0 aliphatic carbocycles. The molecule has 0 saturated carbocycles. The molecule has 3 nitrogen and oxygen atoms in total. The van der Waals surface area contributed by atoms with Gasteiger partial charge in [0.1, 0.15) is 12.2 Å². The van der Waals surface area contributed by atoms with Gasteiger partial charge in [0.05, 0.1) is 46.2 Å². The van der Waals surface area contributed by atoms with Crippen LogP contribution in [0.4, 0.5) is 5.69 Å². The van der Waals surface area contributed by atoms with E-state index in [2.05, 4.69) is 48.4 Å². The Kier molecular flexibility index (Phi) is 3.85. The highest BCUT2D eigenvalue weighted by Gasteiger charge is 2.25. The van der Waals surface area contributed by atoms with Crippen molar-refractivity contribution in [2.45, 2.75) is 6.42 Å². The van der Waals surface area contributed by atoms with E-state index in [1.807, 2.05) is 0 Å². The summed E-state index contributed by atoms with van der Waals surface area (Å²) in [5.74, 6) is 0. The Morgan fingerprint density at radius 2 is 1.74 bits per heavy atom.